The minimum atomic E-state index is 0.458. The Morgan fingerprint density at radius 1 is 1.19 bits per heavy atom. The summed E-state index contributed by atoms with van der Waals surface area (Å²) in [6.45, 7) is 6.81. The average Bonchev–Trinajstić information content (AvgIpc) is 2.53. The van der Waals surface area contributed by atoms with Gasteiger partial charge in [-0.15, -0.1) is 0 Å². The Labute approximate surface area is 101 Å². The maximum atomic E-state index is 6.11. The molecule has 2 atom stereocenters. The largest absolute Gasteiger partial charge is 0.375 e. The van der Waals surface area contributed by atoms with Crippen molar-refractivity contribution in [3.05, 3.63) is 0 Å². The Bertz CT molecular complexity index is 153. The predicted octanol–water partition coefficient (Wildman–Crippen LogP) is 3.50. The Balaban J connectivity index is 2.04. The molecule has 2 unspecified atom stereocenters. The lowest BCUT2D eigenvalue weighted by Crippen LogP contribution is -2.21. The minimum Gasteiger partial charge on any atom is -0.375 e. The smallest absolute Gasteiger partial charge is 0.0591 e. The molecule has 0 radical (unpaired) electrons. The highest BCUT2D eigenvalue weighted by Crippen LogP contribution is 2.15. The summed E-state index contributed by atoms with van der Waals surface area (Å²) < 4.78 is 6.11. The van der Waals surface area contributed by atoms with Gasteiger partial charge in [-0.3, -0.25) is 0 Å². The lowest BCUT2D eigenvalue weighted by atomic mass is 10.1. The number of nitrogens with one attached hydrogen (secondary N) is 1. The molecule has 1 rings (SSSR count). The Hall–Kier alpha value is -0.0800. The highest BCUT2D eigenvalue weighted by Gasteiger charge is 2.14. The van der Waals surface area contributed by atoms with Gasteiger partial charge in [-0.25, -0.2) is 0 Å². The molecule has 0 spiro atoms. The lowest BCUT2D eigenvalue weighted by Gasteiger charge is -2.20. The van der Waals surface area contributed by atoms with Crippen LogP contribution >= 0.6 is 0 Å². The number of hydrogen-bond acceptors (Lipinski definition) is 2. The van der Waals surface area contributed by atoms with Crippen molar-refractivity contribution in [2.45, 2.75) is 77.4 Å². The third-order valence-electron chi connectivity index (χ3n) is 3.41. The van der Waals surface area contributed by atoms with Crippen molar-refractivity contribution in [1.82, 2.24) is 5.32 Å². The number of hydrogen-bond donors (Lipinski definition) is 1. The van der Waals surface area contributed by atoms with Crippen LogP contribution in [0.4, 0.5) is 0 Å². The molecule has 0 aliphatic carbocycles. The first kappa shape index (κ1) is 14.0. The van der Waals surface area contributed by atoms with E-state index in [9.17, 15) is 0 Å². The molecular formula is C14H29NO. The fourth-order valence-corrected chi connectivity index (χ4v) is 2.38. The van der Waals surface area contributed by atoms with Crippen LogP contribution in [0.5, 0.6) is 0 Å². The van der Waals surface area contributed by atoms with Gasteiger partial charge >= 0.3 is 0 Å². The highest BCUT2D eigenvalue weighted by molar-refractivity contribution is 4.68. The molecule has 2 nitrogen and oxygen atoms in total. The second kappa shape index (κ2) is 9.00. The molecular weight excluding hydrogens is 198 g/mol. The summed E-state index contributed by atoms with van der Waals surface area (Å²) >= 11 is 0. The molecule has 2 heteroatoms. The Morgan fingerprint density at radius 2 is 2.06 bits per heavy atom. The van der Waals surface area contributed by atoms with Crippen LogP contribution in [0.1, 0.15) is 65.2 Å². The molecule has 1 aliphatic rings. The molecule has 1 fully saturated rings. The molecule has 0 amide bonds. The SMILES string of the molecule is CCCCCCC(C)OC1CCCNCC1. The van der Waals surface area contributed by atoms with Crippen molar-refractivity contribution in [2.75, 3.05) is 13.1 Å². The van der Waals surface area contributed by atoms with E-state index < -0.39 is 0 Å². The summed E-state index contributed by atoms with van der Waals surface area (Å²) in [4.78, 5) is 0. The lowest BCUT2D eigenvalue weighted by molar-refractivity contribution is -0.0128. The van der Waals surface area contributed by atoms with E-state index in [0.717, 1.165) is 6.54 Å². The van der Waals surface area contributed by atoms with Gasteiger partial charge in [-0.05, 0) is 45.7 Å². The van der Waals surface area contributed by atoms with Crippen molar-refractivity contribution in [3.8, 4) is 0 Å². The molecule has 0 bridgehead atoms. The summed E-state index contributed by atoms with van der Waals surface area (Å²) in [6.07, 6.45) is 11.3. The summed E-state index contributed by atoms with van der Waals surface area (Å²) in [5, 5.41) is 3.43. The summed E-state index contributed by atoms with van der Waals surface area (Å²) in [5.74, 6) is 0. The third kappa shape index (κ3) is 6.49. The maximum absolute atomic E-state index is 6.11. The van der Waals surface area contributed by atoms with Crippen molar-refractivity contribution >= 4 is 0 Å². The number of ether oxygens (including phenoxy) is 1. The van der Waals surface area contributed by atoms with Crippen LogP contribution in [0.2, 0.25) is 0 Å². The van der Waals surface area contributed by atoms with Crippen molar-refractivity contribution < 1.29 is 4.74 Å². The van der Waals surface area contributed by atoms with E-state index >= 15 is 0 Å². The van der Waals surface area contributed by atoms with Gasteiger partial charge < -0.3 is 10.1 Å². The monoisotopic (exact) mass is 227 g/mol. The van der Waals surface area contributed by atoms with Gasteiger partial charge in [-0.2, -0.15) is 0 Å². The van der Waals surface area contributed by atoms with Gasteiger partial charge in [0, 0.05) is 0 Å². The average molecular weight is 227 g/mol. The summed E-state index contributed by atoms with van der Waals surface area (Å²) in [7, 11) is 0. The van der Waals surface area contributed by atoms with E-state index in [1.807, 2.05) is 0 Å². The topological polar surface area (TPSA) is 21.3 Å². The van der Waals surface area contributed by atoms with E-state index in [1.54, 1.807) is 0 Å². The molecule has 1 aliphatic heterocycles. The van der Waals surface area contributed by atoms with E-state index in [0.29, 0.717) is 12.2 Å². The zero-order valence-electron chi connectivity index (χ0n) is 11.1. The van der Waals surface area contributed by atoms with Crippen LogP contribution in [0.25, 0.3) is 0 Å². The van der Waals surface area contributed by atoms with E-state index in [-0.39, 0.29) is 0 Å². The molecule has 96 valence electrons. The fraction of sp³-hybridized carbons (Fsp3) is 1.00. The first-order chi connectivity index (χ1) is 7.83. The van der Waals surface area contributed by atoms with Gasteiger partial charge in [0.25, 0.3) is 0 Å². The molecule has 16 heavy (non-hydrogen) atoms. The first-order valence-corrected chi connectivity index (χ1v) is 7.19. The standard InChI is InChI=1S/C14H29NO/c1-3-4-5-6-8-13(2)16-14-9-7-11-15-12-10-14/h13-15H,3-12H2,1-2H3. The van der Waals surface area contributed by atoms with E-state index in [2.05, 4.69) is 19.2 Å². The maximum Gasteiger partial charge on any atom is 0.0591 e. The normalized spacial score (nSPS) is 24.0. The highest BCUT2D eigenvalue weighted by atomic mass is 16.5. The number of unbranched alkanes of at least 4 members (excludes halogenated alkanes) is 3. The first-order valence-electron chi connectivity index (χ1n) is 7.19. The fourth-order valence-electron chi connectivity index (χ4n) is 2.38. The summed E-state index contributed by atoms with van der Waals surface area (Å²) in [5.41, 5.74) is 0. The number of rotatable bonds is 7. The van der Waals surface area contributed by atoms with Gasteiger partial charge in [0.15, 0.2) is 0 Å². The zero-order valence-corrected chi connectivity index (χ0v) is 11.1. The van der Waals surface area contributed by atoms with Crippen molar-refractivity contribution in [1.29, 1.82) is 0 Å². The molecule has 1 saturated heterocycles. The molecule has 0 aromatic rings. The second-order valence-corrected chi connectivity index (χ2v) is 5.10. The van der Waals surface area contributed by atoms with Crippen LogP contribution in [-0.4, -0.2) is 25.3 Å². The minimum absolute atomic E-state index is 0.458. The molecule has 0 aromatic carbocycles. The Kier molecular flexibility index (Phi) is 7.87. The second-order valence-electron chi connectivity index (χ2n) is 5.10. The van der Waals surface area contributed by atoms with Crippen LogP contribution in [-0.2, 0) is 4.74 Å². The molecule has 1 heterocycles. The molecule has 1 N–H and O–H groups in total. The van der Waals surface area contributed by atoms with Crippen molar-refractivity contribution in [2.24, 2.45) is 0 Å². The quantitative estimate of drug-likeness (QED) is 0.672. The molecule has 0 saturated carbocycles. The summed E-state index contributed by atoms with van der Waals surface area (Å²) in [6, 6.07) is 0. The van der Waals surface area contributed by atoms with Crippen LogP contribution in [0.15, 0.2) is 0 Å². The van der Waals surface area contributed by atoms with E-state index in [4.69, 9.17) is 4.74 Å². The van der Waals surface area contributed by atoms with Gasteiger partial charge in [-0.1, -0.05) is 32.6 Å². The van der Waals surface area contributed by atoms with Crippen LogP contribution < -0.4 is 5.32 Å². The third-order valence-corrected chi connectivity index (χ3v) is 3.41. The van der Waals surface area contributed by atoms with Gasteiger partial charge in [0.05, 0.1) is 12.2 Å². The van der Waals surface area contributed by atoms with Gasteiger partial charge in [0.1, 0.15) is 0 Å². The van der Waals surface area contributed by atoms with E-state index in [1.165, 1.54) is 57.9 Å². The van der Waals surface area contributed by atoms with Crippen molar-refractivity contribution in [3.63, 3.8) is 0 Å². The Morgan fingerprint density at radius 3 is 2.88 bits per heavy atom. The van der Waals surface area contributed by atoms with Crippen LogP contribution in [0, 0.1) is 0 Å². The molecule has 0 aromatic heterocycles. The zero-order chi connectivity index (χ0) is 11.6. The predicted molar refractivity (Wildman–Crippen MR) is 69.8 cm³/mol. The van der Waals surface area contributed by atoms with Crippen LogP contribution in [0.3, 0.4) is 0 Å². The van der Waals surface area contributed by atoms with Gasteiger partial charge in [0.2, 0.25) is 0 Å².